The van der Waals surface area contributed by atoms with Crippen molar-refractivity contribution in [2.45, 2.75) is 31.6 Å². The molecule has 0 atom stereocenters. The number of benzene rings is 2. The highest BCUT2D eigenvalue weighted by molar-refractivity contribution is 6.08. The third-order valence-electron chi connectivity index (χ3n) is 5.87. The molecule has 1 aromatic heterocycles. The normalized spacial score (nSPS) is 17.0. The summed E-state index contributed by atoms with van der Waals surface area (Å²) in [5, 5.41) is 11.2. The van der Waals surface area contributed by atoms with Crippen LogP contribution >= 0.6 is 0 Å². The second-order valence-electron chi connectivity index (χ2n) is 7.41. The summed E-state index contributed by atoms with van der Waals surface area (Å²) in [6, 6.07) is 10.5. The van der Waals surface area contributed by atoms with Crippen molar-refractivity contribution in [1.82, 2.24) is 20.2 Å². The fourth-order valence-electron chi connectivity index (χ4n) is 4.40. The molecule has 1 spiro atoms. The molecule has 2 heterocycles. The zero-order chi connectivity index (χ0) is 18.6. The van der Waals surface area contributed by atoms with E-state index in [-0.39, 0.29) is 17.1 Å². The van der Waals surface area contributed by atoms with Crippen LogP contribution in [0.4, 0.5) is 10.1 Å². The van der Waals surface area contributed by atoms with E-state index >= 15 is 0 Å². The monoisotopic (exact) mass is 363 g/mol. The van der Waals surface area contributed by atoms with Crippen LogP contribution in [0.2, 0.25) is 0 Å². The van der Waals surface area contributed by atoms with Crippen LogP contribution in [0.15, 0.2) is 42.7 Å². The van der Waals surface area contributed by atoms with Crippen LogP contribution in [-0.4, -0.2) is 32.7 Å². The van der Waals surface area contributed by atoms with Crippen LogP contribution in [0.25, 0.3) is 5.69 Å². The lowest BCUT2D eigenvalue weighted by Crippen LogP contribution is -2.41. The number of rotatable bonds is 2. The third kappa shape index (κ3) is 2.31. The van der Waals surface area contributed by atoms with Gasteiger partial charge in [0.15, 0.2) is 0 Å². The second kappa shape index (κ2) is 5.70. The molecule has 1 fully saturated rings. The Morgan fingerprint density at radius 1 is 1.19 bits per heavy atom. The first-order chi connectivity index (χ1) is 13.1. The average Bonchev–Trinajstić information content (AvgIpc) is 3.27. The van der Waals surface area contributed by atoms with Gasteiger partial charge in [0.1, 0.15) is 12.1 Å². The molecule has 1 aliphatic carbocycles. The van der Waals surface area contributed by atoms with E-state index in [1.165, 1.54) is 12.4 Å². The molecule has 0 saturated heterocycles. The van der Waals surface area contributed by atoms with Crippen LogP contribution in [-0.2, 0) is 5.41 Å². The van der Waals surface area contributed by atoms with Gasteiger partial charge in [-0.2, -0.15) is 0 Å². The number of carbonyl (C=O) groups is 1. The number of amides is 1. The van der Waals surface area contributed by atoms with E-state index < -0.39 is 0 Å². The van der Waals surface area contributed by atoms with E-state index in [9.17, 15) is 9.18 Å². The molecule has 1 aliphatic heterocycles. The van der Waals surface area contributed by atoms with Crippen LogP contribution in [0.1, 0.15) is 40.7 Å². The summed E-state index contributed by atoms with van der Waals surface area (Å²) >= 11 is 0. The predicted molar refractivity (Wildman–Crippen MR) is 97.5 cm³/mol. The van der Waals surface area contributed by atoms with E-state index in [1.807, 2.05) is 25.1 Å². The predicted octanol–water partition coefficient (Wildman–Crippen LogP) is 3.19. The Balaban J connectivity index is 1.52. The van der Waals surface area contributed by atoms with Crippen LogP contribution < -0.4 is 4.90 Å². The van der Waals surface area contributed by atoms with Gasteiger partial charge in [0, 0.05) is 23.1 Å². The topological polar surface area (TPSA) is 63.9 Å². The van der Waals surface area contributed by atoms with Gasteiger partial charge in [-0.25, -0.2) is 9.07 Å². The maximum Gasteiger partial charge on any atom is 0.258 e. The van der Waals surface area contributed by atoms with Gasteiger partial charge >= 0.3 is 0 Å². The molecule has 3 aromatic rings. The number of tetrazole rings is 1. The molecule has 6 nitrogen and oxygen atoms in total. The minimum absolute atomic E-state index is 0.100. The highest BCUT2D eigenvalue weighted by atomic mass is 19.1. The SMILES string of the molecule is Cc1cc(C(=O)N2CC3(CCC3)c3c(F)cccc32)ccc1-n1cnnn1. The van der Waals surface area contributed by atoms with Crippen molar-refractivity contribution >= 4 is 11.6 Å². The molecule has 0 bridgehead atoms. The molecular formula is C20H18FN5O. The molecule has 2 aromatic carbocycles. The lowest BCUT2D eigenvalue weighted by atomic mass is 9.65. The van der Waals surface area contributed by atoms with Gasteiger partial charge in [0.25, 0.3) is 5.91 Å². The van der Waals surface area contributed by atoms with Crippen molar-refractivity contribution in [2.24, 2.45) is 0 Å². The molecule has 27 heavy (non-hydrogen) atoms. The standard InChI is InChI=1S/C20H18FN5O/c1-13-10-14(6-7-16(13)26-12-22-23-24-26)19(27)25-11-20(8-3-9-20)18-15(21)4-2-5-17(18)25/h2,4-7,10,12H,3,8-9,11H2,1H3. The van der Waals surface area contributed by atoms with Gasteiger partial charge in [-0.3, -0.25) is 4.79 Å². The smallest absolute Gasteiger partial charge is 0.258 e. The molecule has 7 heteroatoms. The summed E-state index contributed by atoms with van der Waals surface area (Å²) in [7, 11) is 0. The first kappa shape index (κ1) is 16.1. The lowest BCUT2D eigenvalue weighted by Gasteiger charge is -2.39. The maximum atomic E-state index is 14.6. The summed E-state index contributed by atoms with van der Waals surface area (Å²) in [6.45, 7) is 2.47. The van der Waals surface area contributed by atoms with E-state index in [4.69, 9.17) is 0 Å². The van der Waals surface area contributed by atoms with E-state index in [0.29, 0.717) is 23.4 Å². The summed E-state index contributed by atoms with van der Waals surface area (Å²) in [5.74, 6) is -0.301. The number of anilines is 1. The molecule has 2 aliphatic rings. The van der Waals surface area contributed by atoms with Crippen molar-refractivity contribution in [3.05, 3.63) is 65.2 Å². The fourth-order valence-corrected chi connectivity index (χ4v) is 4.40. The van der Waals surface area contributed by atoms with Crippen molar-refractivity contribution in [2.75, 3.05) is 11.4 Å². The number of aryl methyl sites for hydroxylation is 1. The van der Waals surface area contributed by atoms with Crippen LogP contribution in [0, 0.1) is 12.7 Å². The Labute approximate surface area is 155 Å². The number of halogens is 1. The summed E-state index contributed by atoms with van der Waals surface area (Å²) < 4.78 is 16.1. The van der Waals surface area contributed by atoms with Gasteiger partial charge in [0.2, 0.25) is 0 Å². The highest BCUT2D eigenvalue weighted by Crippen LogP contribution is 2.53. The molecule has 5 rings (SSSR count). The third-order valence-corrected chi connectivity index (χ3v) is 5.87. The average molecular weight is 363 g/mol. The van der Waals surface area contributed by atoms with Gasteiger partial charge in [-0.1, -0.05) is 12.5 Å². The summed E-state index contributed by atoms with van der Waals surface area (Å²) in [6.07, 6.45) is 4.46. The van der Waals surface area contributed by atoms with E-state index in [2.05, 4.69) is 15.5 Å². The van der Waals surface area contributed by atoms with Crippen molar-refractivity contribution < 1.29 is 9.18 Å². The van der Waals surface area contributed by atoms with E-state index in [1.54, 1.807) is 21.7 Å². The van der Waals surface area contributed by atoms with E-state index in [0.717, 1.165) is 30.5 Å². The number of hydrogen-bond donors (Lipinski definition) is 0. The largest absolute Gasteiger partial charge is 0.307 e. The maximum absolute atomic E-state index is 14.6. The number of fused-ring (bicyclic) bond motifs is 2. The first-order valence-corrected chi connectivity index (χ1v) is 9.04. The second-order valence-corrected chi connectivity index (χ2v) is 7.41. The minimum atomic E-state index is -0.211. The number of hydrogen-bond acceptors (Lipinski definition) is 4. The first-order valence-electron chi connectivity index (χ1n) is 9.04. The van der Waals surface area contributed by atoms with Crippen molar-refractivity contribution in [3.8, 4) is 5.69 Å². The van der Waals surface area contributed by atoms with Crippen molar-refractivity contribution in [3.63, 3.8) is 0 Å². The minimum Gasteiger partial charge on any atom is -0.307 e. The van der Waals surface area contributed by atoms with Gasteiger partial charge in [0.05, 0.1) is 11.4 Å². The molecule has 1 saturated carbocycles. The Bertz CT molecular complexity index is 1040. The molecular weight excluding hydrogens is 345 g/mol. The zero-order valence-electron chi connectivity index (χ0n) is 14.9. The molecule has 0 N–H and O–H groups in total. The Morgan fingerprint density at radius 3 is 2.70 bits per heavy atom. The van der Waals surface area contributed by atoms with Crippen LogP contribution in [0.5, 0.6) is 0 Å². The molecule has 0 radical (unpaired) electrons. The zero-order valence-corrected chi connectivity index (χ0v) is 14.9. The molecule has 1 amide bonds. The molecule has 0 unspecified atom stereocenters. The Kier molecular flexibility index (Phi) is 3.40. The highest BCUT2D eigenvalue weighted by Gasteiger charge is 2.50. The van der Waals surface area contributed by atoms with Gasteiger partial charge < -0.3 is 4.90 Å². The quantitative estimate of drug-likeness (QED) is 0.701. The number of aromatic nitrogens is 4. The molecule has 136 valence electrons. The summed E-state index contributed by atoms with van der Waals surface area (Å²) in [4.78, 5) is 15.0. The van der Waals surface area contributed by atoms with Gasteiger partial charge in [-0.15, -0.1) is 5.10 Å². The Morgan fingerprint density at radius 2 is 2.04 bits per heavy atom. The lowest BCUT2D eigenvalue weighted by molar-refractivity contribution is 0.0979. The number of carbonyl (C=O) groups excluding carboxylic acids is 1. The fraction of sp³-hybridized carbons (Fsp3) is 0.300. The van der Waals surface area contributed by atoms with Crippen LogP contribution in [0.3, 0.4) is 0 Å². The number of nitrogens with zero attached hydrogens (tertiary/aromatic N) is 5. The summed E-state index contributed by atoms with van der Waals surface area (Å²) in [5.41, 5.74) is 3.51. The van der Waals surface area contributed by atoms with Gasteiger partial charge in [-0.05, 0) is 66.1 Å². The van der Waals surface area contributed by atoms with Crippen molar-refractivity contribution in [1.29, 1.82) is 0 Å². The Hall–Kier alpha value is -3.09.